The van der Waals surface area contributed by atoms with Crippen molar-refractivity contribution in [1.82, 2.24) is 20.2 Å². The number of fused-ring (bicyclic) bond motifs is 7. The molecule has 37 heavy (non-hydrogen) atoms. The first-order chi connectivity index (χ1) is 18.1. The van der Waals surface area contributed by atoms with Crippen molar-refractivity contribution in [2.45, 2.75) is 25.8 Å². The molecule has 8 bridgehead atoms. The Hall–Kier alpha value is -3.56. The molecule has 194 valence electrons. The van der Waals surface area contributed by atoms with E-state index in [9.17, 15) is 4.79 Å². The number of methoxy groups -OCH3 is 1. The molecular formula is C27H31ClN6O3. The highest BCUT2D eigenvalue weighted by Gasteiger charge is 2.22. The van der Waals surface area contributed by atoms with E-state index in [1.54, 1.807) is 7.11 Å². The minimum Gasteiger partial charge on any atom is -0.493 e. The molecule has 3 N–H and O–H groups in total. The molecule has 2 aromatic carbocycles. The first-order valence-electron chi connectivity index (χ1n) is 12.5. The molecule has 1 fully saturated rings. The van der Waals surface area contributed by atoms with Gasteiger partial charge >= 0.3 is 0 Å². The van der Waals surface area contributed by atoms with Gasteiger partial charge in [-0.1, -0.05) is 11.6 Å². The number of ether oxygens (including phenoxy) is 2. The van der Waals surface area contributed by atoms with Crippen LogP contribution in [0.2, 0.25) is 5.02 Å². The number of nitrogens with zero attached hydrogens (tertiary/aromatic N) is 3. The fraction of sp³-hybridized carbons (Fsp3) is 0.370. The number of carbonyl (C=O) groups is 1. The predicted molar refractivity (Wildman–Crippen MR) is 144 cm³/mol. The van der Waals surface area contributed by atoms with Gasteiger partial charge in [-0.05, 0) is 67.7 Å². The molecule has 0 radical (unpaired) electrons. The van der Waals surface area contributed by atoms with Gasteiger partial charge < -0.3 is 25.4 Å². The lowest BCUT2D eigenvalue weighted by Crippen LogP contribution is -2.36. The summed E-state index contributed by atoms with van der Waals surface area (Å²) in [7, 11) is 1.60. The van der Waals surface area contributed by atoms with Gasteiger partial charge in [-0.2, -0.15) is 0 Å². The van der Waals surface area contributed by atoms with Gasteiger partial charge in [-0.25, -0.2) is 9.97 Å². The van der Waals surface area contributed by atoms with Gasteiger partial charge in [0.25, 0.3) is 0 Å². The van der Waals surface area contributed by atoms with Crippen LogP contribution < -0.4 is 25.4 Å². The number of carbonyl (C=O) groups excluding carboxylic acids is 1. The molecule has 1 saturated heterocycles. The summed E-state index contributed by atoms with van der Waals surface area (Å²) in [4.78, 5) is 23.6. The Labute approximate surface area is 221 Å². The molecule has 0 spiro atoms. The third-order valence-corrected chi connectivity index (χ3v) is 7.05. The van der Waals surface area contributed by atoms with Crippen LogP contribution in [0.5, 0.6) is 11.5 Å². The highest BCUT2D eigenvalue weighted by Crippen LogP contribution is 2.32. The number of benzene rings is 2. The van der Waals surface area contributed by atoms with Gasteiger partial charge in [-0.3, -0.25) is 9.69 Å². The quantitative estimate of drug-likeness (QED) is 0.421. The summed E-state index contributed by atoms with van der Waals surface area (Å²) in [6, 6.07) is 13.3. The van der Waals surface area contributed by atoms with E-state index in [2.05, 4.69) is 36.9 Å². The molecule has 0 atom stereocenters. The fourth-order valence-electron chi connectivity index (χ4n) is 4.71. The van der Waals surface area contributed by atoms with E-state index >= 15 is 0 Å². The third kappa shape index (κ3) is 6.61. The van der Waals surface area contributed by atoms with Gasteiger partial charge in [-0.15, -0.1) is 0 Å². The van der Waals surface area contributed by atoms with Crippen LogP contribution >= 0.6 is 11.6 Å². The maximum atomic E-state index is 12.5. The molecule has 0 saturated carbocycles. The Bertz CT molecular complexity index is 1250. The van der Waals surface area contributed by atoms with E-state index in [0.717, 1.165) is 54.4 Å². The van der Waals surface area contributed by atoms with Crippen LogP contribution in [0, 0.1) is 5.92 Å². The molecule has 4 heterocycles. The zero-order valence-electron chi connectivity index (χ0n) is 20.8. The molecule has 3 aliphatic heterocycles. The number of piperidine rings is 1. The lowest BCUT2D eigenvalue weighted by atomic mass is 9.93. The Morgan fingerprint density at radius 1 is 1.03 bits per heavy atom. The van der Waals surface area contributed by atoms with Gasteiger partial charge in [0.15, 0.2) is 11.5 Å². The van der Waals surface area contributed by atoms with Crippen LogP contribution in [0.15, 0.2) is 48.8 Å². The minimum atomic E-state index is 0.0629. The maximum absolute atomic E-state index is 12.5. The summed E-state index contributed by atoms with van der Waals surface area (Å²) in [5.74, 6) is 2.93. The molecular weight excluding hydrogens is 492 g/mol. The van der Waals surface area contributed by atoms with Gasteiger partial charge in [0.05, 0.1) is 13.7 Å². The van der Waals surface area contributed by atoms with Crippen molar-refractivity contribution in [3.63, 3.8) is 0 Å². The molecule has 3 aromatic rings. The first-order valence-corrected chi connectivity index (χ1v) is 12.9. The predicted octanol–water partition coefficient (Wildman–Crippen LogP) is 4.74. The van der Waals surface area contributed by atoms with Gasteiger partial charge in [0.1, 0.15) is 24.6 Å². The number of halogens is 1. The maximum Gasteiger partial charge on any atom is 0.220 e. The van der Waals surface area contributed by atoms with E-state index in [4.69, 9.17) is 21.1 Å². The van der Waals surface area contributed by atoms with Crippen molar-refractivity contribution in [3.05, 3.63) is 59.4 Å². The van der Waals surface area contributed by atoms with E-state index in [1.807, 2.05) is 36.4 Å². The summed E-state index contributed by atoms with van der Waals surface area (Å²) >= 11 is 6.54. The summed E-state index contributed by atoms with van der Waals surface area (Å²) in [6.45, 7) is 3.40. The van der Waals surface area contributed by atoms with E-state index in [1.165, 1.54) is 6.33 Å². The van der Waals surface area contributed by atoms with Crippen LogP contribution in [0.25, 0.3) is 0 Å². The number of hydrogen-bond acceptors (Lipinski definition) is 8. The lowest BCUT2D eigenvalue weighted by Gasteiger charge is -2.32. The second kappa shape index (κ2) is 11.7. The van der Waals surface area contributed by atoms with Crippen molar-refractivity contribution in [2.75, 3.05) is 44.0 Å². The summed E-state index contributed by atoms with van der Waals surface area (Å²) < 4.78 is 11.4. The third-order valence-electron chi connectivity index (χ3n) is 6.68. The van der Waals surface area contributed by atoms with Gasteiger partial charge in [0.2, 0.25) is 5.91 Å². The summed E-state index contributed by atoms with van der Waals surface area (Å²) in [5, 5.41) is 10.4. The van der Waals surface area contributed by atoms with E-state index < -0.39 is 0 Å². The fourth-order valence-corrected chi connectivity index (χ4v) is 4.88. The molecule has 1 amide bonds. The minimum absolute atomic E-state index is 0.0629. The normalized spacial score (nSPS) is 20.2. The SMILES string of the molecule is COc1ccc2cc1OCCNC(=O)CC1CCN(CC1)Cc1cc(ccc1Cl)Nc1cc(ncn1)N2. The monoisotopic (exact) mass is 522 g/mol. The number of aromatic nitrogens is 2. The topological polar surface area (TPSA) is 101 Å². The van der Waals surface area contributed by atoms with Crippen LogP contribution in [0.3, 0.4) is 0 Å². The number of nitrogens with one attached hydrogen (secondary N) is 3. The second-order valence-corrected chi connectivity index (χ2v) is 9.74. The number of rotatable bonds is 1. The Morgan fingerprint density at radius 2 is 1.76 bits per heavy atom. The van der Waals surface area contributed by atoms with Crippen molar-refractivity contribution >= 4 is 40.5 Å². The standard InChI is InChI=1S/C27H31ClN6O3/c1-36-23-5-3-21-14-24(23)37-11-8-29-27(35)12-18-6-9-34(10-7-18)16-19-13-20(2-4-22(19)28)32-25-15-26(33-21)31-17-30-25/h2-5,13-15,17-18H,6-12,16H2,1H3,(H,29,35)(H2,30,31,32,33). The lowest BCUT2D eigenvalue weighted by molar-refractivity contribution is -0.122. The van der Waals surface area contributed by atoms with Gasteiger partial charge in [0, 0.05) is 41.5 Å². The molecule has 6 rings (SSSR count). The Balaban J connectivity index is 1.41. The molecule has 0 unspecified atom stereocenters. The van der Waals surface area contributed by atoms with Crippen molar-refractivity contribution < 1.29 is 14.3 Å². The summed E-state index contributed by atoms with van der Waals surface area (Å²) in [6.07, 6.45) is 4.02. The average molecular weight is 523 g/mol. The number of hydrogen-bond donors (Lipinski definition) is 3. The second-order valence-electron chi connectivity index (χ2n) is 9.33. The number of amides is 1. The molecule has 1 aromatic heterocycles. The smallest absolute Gasteiger partial charge is 0.220 e. The van der Waals surface area contributed by atoms with Crippen molar-refractivity contribution in [2.24, 2.45) is 5.92 Å². The van der Waals surface area contributed by atoms with Crippen LogP contribution in [0.4, 0.5) is 23.0 Å². The van der Waals surface area contributed by atoms with E-state index in [-0.39, 0.29) is 5.91 Å². The Morgan fingerprint density at radius 3 is 2.51 bits per heavy atom. The van der Waals surface area contributed by atoms with Crippen LogP contribution in [-0.4, -0.2) is 54.1 Å². The number of anilines is 4. The zero-order chi connectivity index (χ0) is 25.6. The molecule has 10 heteroatoms. The average Bonchev–Trinajstić information content (AvgIpc) is 2.90. The highest BCUT2D eigenvalue weighted by atomic mass is 35.5. The molecule has 9 nitrogen and oxygen atoms in total. The highest BCUT2D eigenvalue weighted by molar-refractivity contribution is 6.31. The largest absolute Gasteiger partial charge is 0.493 e. The molecule has 0 aliphatic carbocycles. The molecule has 3 aliphatic rings. The van der Waals surface area contributed by atoms with Crippen LogP contribution in [-0.2, 0) is 11.3 Å². The zero-order valence-corrected chi connectivity index (χ0v) is 21.6. The summed E-state index contributed by atoms with van der Waals surface area (Å²) in [5.41, 5.74) is 2.74. The van der Waals surface area contributed by atoms with Crippen molar-refractivity contribution in [1.29, 1.82) is 0 Å². The van der Waals surface area contributed by atoms with Crippen LogP contribution in [0.1, 0.15) is 24.8 Å². The van der Waals surface area contributed by atoms with Crippen molar-refractivity contribution in [3.8, 4) is 11.5 Å². The first kappa shape index (κ1) is 25.1. The Kier molecular flexibility index (Phi) is 7.91. The van der Waals surface area contributed by atoms with E-state index in [0.29, 0.717) is 48.6 Å².